The molecule has 0 fully saturated rings. The summed E-state index contributed by atoms with van der Waals surface area (Å²) in [6, 6.07) is 13.3. The molecule has 4 rings (SSSR count). The Morgan fingerprint density at radius 1 is 1.28 bits per heavy atom. The van der Waals surface area contributed by atoms with Crippen LogP contribution in [-0.4, -0.2) is 26.5 Å². The molecule has 2 aromatic carbocycles. The van der Waals surface area contributed by atoms with E-state index in [1.165, 1.54) is 0 Å². The first-order valence-corrected chi connectivity index (χ1v) is 7.86. The van der Waals surface area contributed by atoms with Gasteiger partial charge in [0.25, 0.3) is 5.91 Å². The van der Waals surface area contributed by atoms with Gasteiger partial charge in [-0.25, -0.2) is 0 Å². The molecule has 0 saturated heterocycles. The fraction of sp³-hybridized carbons (Fsp3) is 0.158. The number of amides is 2. The highest BCUT2D eigenvalue weighted by Crippen LogP contribution is 2.34. The lowest BCUT2D eigenvalue weighted by Gasteiger charge is -2.11. The van der Waals surface area contributed by atoms with Crippen molar-refractivity contribution >= 4 is 22.7 Å². The lowest BCUT2D eigenvalue weighted by Crippen LogP contribution is -2.30. The van der Waals surface area contributed by atoms with Gasteiger partial charge in [0.15, 0.2) is 0 Å². The molecule has 0 saturated carbocycles. The van der Waals surface area contributed by atoms with Gasteiger partial charge in [0.05, 0.1) is 24.3 Å². The van der Waals surface area contributed by atoms with E-state index >= 15 is 0 Å². The van der Waals surface area contributed by atoms with Crippen molar-refractivity contribution in [2.75, 3.05) is 0 Å². The Morgan fingerprint density at radius 3 is 2.88 bits per heavy atom. The molecule has 0 spiro atoms. The van der Waals surface area contributed by atoms with Gasteiger partial charge in [-0.05, 0) is 28.8 Å². The number of aromatic nitrogens is 2. The molecule has 25 heavy (non-hydrogen) atoms. The number of benzene rings is 2. The van der Waals surface area contributed by atoms with Gasteiger partial charge in [-0.3, -0.25) is 19.2 Å². The standard InChI is InChI=1S/C19H14N4O2/c1-22-17-9-12(5-6-13(17)10-21-22)14-3-2-4-15-16(14)11-23(19(15)25)18(24)7-8-20/h2-6,9-10H,7,11H2,1H3. The summed E-state index contributed by atoms with van der Waals surface area (Å²) in [5.41, 5.74) is 4.22. The Labute approximate surface area is 143 Å². The summed E-state index contributed by atoms with van der Waals surface area (Å²) >= 11 is 0. The summed E-state index contributed by atoms with van der Waals surface area (Å²) in [5.74, 6) is -0.796. The zero-order valence-corrected chi connectivity index (χ0v) is 13.6. The third-order valence-corrected chi connectivity index (χ3v) is 4.56. The summed E-state index contributed by atoms with van der Waals surface area (Å²) in [6.45, 7) is 0.203. The van der Waals surface area contributed by atoms with Crippen molar-refractivity contribution in [2.45, 2.75) is 13.0 Å². The van der Waals surface area contributed by atoms with Gasteiger partial charge >= 0.3 is 0 Å². The minimum atomic E-state index is -0.461. The molecular formula is C19H14N4O2. The molecule has 1 aliphatic heterocycles. The van der Waals surface area contributed by atoms with Gasteiger partial charge in [0.2, 0.25) is 5.91 Å². The third-order valence-electron chi connectivity index (χ3n) is 4.56. The molecule has 1 aliphatic rings. The van der Waals surface area contributed by atoms with E-state index in [9.17, 15) is 9.59 Å². The van der Waals surface area contributed by atoms with Crippen LogP contribution in [0.4, 0.5) is 0 Å². The van der Waals surface area contributed by atoms with Crippen LogP contribution in [0.15, 0.2) is 42.6 Å². The number of rotatable bonds is 2. The molecule has 0 unspecified atom stereocenters. The quantitative estimate of drug-likeness (QED) is 0.723. The lowest BCUT2D eigenvalue weighted by molar-refractivity contribution is -0.127. The van der Waals surface area contributed by atoms with Crippen molar-refractivity contribution in [3.63, 3.8) is 0 Å². The highest BCUT2D eigenvalue weighted by Gasteiger charge is 2.33. The van der Waals surface area contributed by atoms with Crippen molar-refractivity contribution in [3.05, 3.63) is 53.7 Å². The Bertz CT molecular complexity index is 1070. The van der Waals surface area contributed by atoms with Crippen LogP contribution in [0.5, 0.6) is 0 Å². The van der Waals surface area contributed by atoms with E-state index in [1.807, 2.05) is 43.4 Å². The average Bonchev–Trinajstić information content (AvgIpc) is 3.16. The Kier molecular flexibility index (Phi) is 3.36. The van der Waals surface area contributed by atoms with Crippen molar-refractivity contribution < 1.29 is 9.59 Å². The van der Waals surface area contributed by atoms with Crippen LogP contribution in [-0.2, 0) is 18.4 Å². The predicted octanol–water partition coefficient (Wildman–Crippen LogP) is 2.64. The Balaban J connectivity index is 1.81. The van der Waals surface area contributed by atoms with E-state index in [2.05, 4.69) is 5.10 Å². The maximum absolute atomic E-state index is 12.5. The van der Waals surface area contributed by atoms with Crippen LogP contribution < -0.4 is 0 Å². The summed E-state index contributed by atoms with van der Waals surface area (Å²) in [7, 11) is 1.88. The molecule has 0 aliphatic carbocycles. The van der Waals surface area contributed by atoms with E-state index in [4.69, 9.17) is 5.26 Å². The summed E-state index contributed by atoms with van der Waals surface area (Å²) in [4.78, 5) is 25.7. The second-order valence-corrected chi connectivity index (χ2v) is 5.99. The molecule has 0 bridgehead atoms. The first-order chi connectivity index (χ1) is 12.1. The average molecular weight is 330 g/mol. The Hall–Kier alpha value is -3.46. The zero-order chi connectivity index (χ0) is 17.6. The molecule has 0 radical (unpaired) electrons. The number of carbonyl (C=O) groups excluding carboxylic acids is 2. The van der Waals surface area contributed by atoms with Crippen LogP contribution in [0.25, 0.3) is 22.0 Å². The number of imide groups is 1. The maximum atomic E-state index is 12.5. The van der Waals surface area contributed by atoms with E-state index in [0.717, 1.165) is 32.5 Å². The molecule has 6 heteroatoms. The first kappa shape index (κ1) is 15.1. The van der Waals surface area contributed by atoms with Crippen LogP contribution in [0.1, 0.15) is 22.3 Å². The van der Waals surface area contributed by atoms with Crippen molar-refractivity contribution in [3.8, 4) is 17.2 Å². The fourth-order valence-electron chi connectivity index (χ4n) is 3.28. The Morgan fingerprint density at radius 2 is 2.08 bits per heavy atom. The van der Waals surface area contributed by atoms with E-state index in [-0.39, 0.29) is 18.9 Å². The van der Waals surface area contributed by atoms with Crippen molar-refractivity contribution in [2.24, 2.45) is 7.05 Å². The molecular weight excluding hydrogens is 316 g/mol. The van der Waals surface area contributed by atoms with Crippen LogP contribution in [0.2, 0.25) is 0 Å². The van der Waals surface area contributed by atoms with Crippen LogP contribution >= 0.6 is 0 Å². The number of nitrogens with zero attached hydrogens (tertiary/aromatic N) is 4. The fourth-order valence-corrected chi connectivity index (χ4v) is 3.28. The maximum Gasteiger partial charge on any atom is 0.261 e. The molecule has 0 N–H and O–H groups in total. The van der Waals surface area contributed by atoms with Gasteiger partial charge in [-0.15, -0.1) is 0 Å². The molecule has 2 heterocycles. The van der Waals surface area contributed by atoms with E-state index in [0.29, 0.717) is 5.56 Å². The number of carbonyl (C=O) groups is 2. The van der Waals surface area contributed by atoms with E-state index < -0.39 is 5.91 Å². The minimum absolute atomic E-state index is 0.203. The smallest absolute Gasteiger partial charge is 0.261 e. The minimum Gasteiger partial charge on any atom is -0.273 e. The SMILES string of the molecule is Cn1ncc2ccc(-c3cccc4c3CN(C(=O)CC#N)C4=O)cc21. The number of hydrogen-bond acceptors (Lipinski definition) is 4. The number of fused-ring (bicyclic) bond motifs is 2. The molecule has 122 valence electrons. The van der Waals surface area contributed by atoms with E-state index in [1.54, 1.807) is 16.9 Å². The number of aryl methyl sites for hydroxylation is 1. The molecule has 0 atom stereocenters. The molecule has 3 aromatic rings. The zero-order valence-electron chi connectivity index (χ0n) is 13.6. The van der Waals surface area contributed by atoms with Crippen LogP contribution in [0.3, 0.4) is 0 Å². The third kappa shape index (κ3) is 2.29. The predicted molar refractivity (Wildman–Crippen MR) is 91.3 cm³/mol. The second-order valence-electron chi connectivity index (χ2n) is 5.99. The van der Waals surface area contributed by atoms with Gasteiger partial charge < -0.3 is 0 Å². The van der Waals surface area contributed by atoms with Gasteiger partial charge in [0, 0.05) is 18.0 Å². The topological polar surface area (TPSA) is 79.0 Å². The highest BCUT2D eigenvalue weighted by atomic mass is 16.2. The first-order valence-electron chi connectivity index (χ1n) is 7.86. The van der Waals surface area contributed by atoms with Gasteiger partial charge in [0.1, 0.15) is 6.42 Å². The summed E-state index contributed by atoms with van der Waals surface area (Å²) < 4.78 is 1.80. The highest BCUT2D eigenvalue weighted by molar-refractivity contribution is 6.09. The van der Waals surface area contributed by atoms with Gasteiger partial charge in [-0.2, -0.15) is 10.4 Å². The number of hydrogen-bond donors (Lipinski definition) is 0. The molecule has 1 aromatic heterocycles. The van der Waals surface area contributed by atoms with Crippen molar-refractivity contribution in [1.29, 1.82) is 5.26 Å². The number of nitriles is 1. The van der Waals surface area contributed by atoms with Crippen molar-refractivity contribution in [1.82, 2.24) is 14.7 Å². The van der Waals surface area contributed by atoms with Gasteiger partial charge in [-0.1, -0.05) is 24.3 Å². The summed E-state index contributed by atoms with van der Waals surface area (Å²) in [5, 5.41) is 14.0. The lowest BCUT2D eigenvalue weighted by atomic mass is 9.96. The summed E-state index contributed by atoms with van der Waals surface area (Å²) in [6.07, 6.45) is 1.51. The second kappa shape index (κ2) is 5.56. The van der Waals surface area contributed by atoms with Crippen LogP contribution in [0, 0.1) is 11.3 Å². The largest absolute Gasteiger partial charge is 0.273 e. The molecule has 6 nitrogen and oxygen atoms in total. The molecule has 2 amide bonds. The normalized spacial score (nSPS) is 13.1. The monoisotopic (exact) mass is 330 g/mol.